The highest BCUT2D eigenvalue weighted by Gasteiger charge is 2.10. The minimum Gasteiger partial charge on any atom is -0.493 e. The zero-order valence-corrected chi connectivity index (χ0v) is 10.1. The second-order valence-electron chi connectivity index (χ2n) is 4.44. The Kier molecular flexibility index (Phi) is 4.43. The van der Waals surface area contributed by atoms with Crippen LogP contribution in [0, 0.1) is 0 Å². The summed E-state index contributed by atoms with van der Waals surface area (Å²) in [4.78, 5) is 2.39. The molecule has 0 saturated carbocycles. The van der Waals surface area contributed by atoms with Gasteiger partial charge in [0.1, 0.15) is 12.4 Å². The van der Waals surface area contributed by atoms with Gasteiger partial charge in [-0.3, -0.25) is 4.90 Å². The summed E-state index contributed by atoms with van der Waals surface area (Å²) in [5.74, 6) is 1.05. The first-order chi connectivity index (χ1) is 7.84. The van der Waals surface area contributed by atoms with Crippen LogP contribution in [0.2, 0.25) is 0 Å². The van der Waals surface area contributed by atoms with Crippen molar-refractivity contribution < 1.29 is 9.47 Å². The Morgan fingerprint density at radius 2 is 2.19 bits per heavy atom. The van der Waals surface area contributed by atoms with Crippen molar-refractivity contribution in [1.82, 2.24) is 4.90 Å². The molecule has 0 aromatic rings. The van der Waals surface area contributed by atoms with Gasteiger partial charge in [-0.15, -0.1) is 0 Å². The lowest BCUT2D eigenvalue weighted by Gasteiger charge is -2.26. The van der Waals surface area contributed by atoms with E-state index >= 15 is 0 Å². The molecule has 0 aromatic heterocycles. The highest BCUT2D eigenvalue weighted by molar-refractivity contribution is 5.21. The first kappa shape index (κ1) is 11.7. The Bertz CT molecular complexity index is 278. The number of morpholine rings is 1. The van der Waals surface area contributed by atoms with Crippen LogP contribution in [-0.4, -0.2) is 44.4 Å². The minimum atomic E-state index is 0.787. The van der Waals surface area contributed by atoms with Gasteiger partial charge in [0.2, 0.25) is 0 Å². The Balaban J connectivity index is 1.65. The van der Waals surface area contributed by atoms with Gasteiger partial charge in [0, 0.05) is 19.6 Å². The minimum absolute atomic E-state index is 0.787. The molecule has 1 heterocycles. The van der Waals surface area contributed by atoms with Crippen LogP contribution in [0.3, 0.4) is 0 Å². The number of hydrogen-bond donors (Lipinski definition) is 0. The summed E-state index contributed by atoms with van der Waals surface area (Å²) in [5.41, 5.74) is 1.42. The second kappa shape index (κ2) is 6.06. The Morgan fingerprint density at radius 1 is 1.38 bits per heavy atom. The number of nitrogens with zero attached hydrogens (tertiary/aromatic N) is 1. The van der Waals surface area contributed by atoms with Crippen LogP contribution in [0.4, 0.5) is 0 Å². The summed E-state index contributed by atoms with van der Waals surface area (Å²) in [6.45, 7) is 7.76. The molecule has 2 aliphatic rings. The van der Waals surface area contributed by atoms with Crippen LogP contribution < -0.4 is 0 Å². The molecule has 0 amide bonds. The molecule has 0 bridgehead atoms. The third kappa shape index (κ3) is 3.65. The van der Waals surface area contributed by atoms with Crippen molar-refractivity contribution in [1.29, 1.82) is 0 Å². The maximum Gasteiger partial charge on any atom is 0.115 e. The van der Waals surface area contributed by atoms with E-state index in [9.17, 15) is 0 Å². The summed E-state index contributed by atoms with van der Waals surface area (Å²) < 4.78 is 11.1. The smallest absolute Gasteiger partial charge is 0.115 e. The molecular weight excluding hydrogens is 202 g/mol. The molecule has 0 unspecified atom stereocenters. The van der Waals surface area contributed by atoms with Crippen molar-refractivity contribution in [2.75, 3.05) is 39.5 Å². The summed E-state index contributed by atoms with van der Waals surface area (Å²) in [6, 6.07) is 0. The molecule has 1 aliphatic carbocycles. The molecule has 0 spiro atoms. The second-order valence-corrected chi connectivity index (χ2v) is 4.44. The van der Waals surface area contributed by atoms with Gasteiger partial charge < -0.3 is 9.47 Å². The fourth-order valence-corrected chi connectivity index (χ4v) is 2.03. The molecule has 0 aromatic carbocycles. The summed E-state index contributed by atoms with van der Waals surface area (Å²) >= 11 is 0. The van der Waals surface area contributed by atoms with E-state index < -0.39 is 0 Å². The summed E-state index contributed by atoms with van der Waals surface area (Å²) in [7, 11) is 0. The molecule has 2 rings (SSSR count). The lowest BCUT2D eigenvalue weighted by atomic mass is 10.1. The molecule has 0 atom stereocenters. The summed E-state index contributed by atoms with van der Waals surface area (Å²) in [6.07, 6.45) is 6.64. The van der Waals surface area contributed by atoms with Crippen LogP contribution in [0.1, 0.15) is 19.8 Å². The predicted octanol–water partition coefficient (Wildman–Crippen LogP) is 1.96. The monoisotopic (exact) mass is 223 g/mol. The molecule has 3 nitrogen and oxygen atoms in total. The van der Waals surface area contributed by atoms with E-state index in [-0.39, 0.29) is 0 Å². The van der Waals surface area contributed by atoms with E-state index in [2.05, 4.69) is 24.0 Å². The molecule has 1 fully saturated rings. The molecule has 3 heteroatoms. The third-order valence-electron chi connectivity index (χ3n) is 3.05. The maximum atomic E-state index is 5.76. The van der Waals surface area contributed by atoms with Gasteiger partial charge in [0.25, 0.3) is 0 Å². The Hall–Kier alpha value is -0.800. The fraction of sp³-hybridized carbons (Fsp3) is 0.692. The van der Waals surface area contributed by atoms with Gasteiger partial charge in [-0.05, 0) is 31.9 Å². The zero-order chi connectivity index (χ0) is 11.2. The zero-order valence-electron chi connectivity index (χ0n) is 10.1. The van der Waals surface area contributed by atoms with Crippen molar-refractivity contribution in [3.05, 3.63) is 23.5 Å². The van der Waals surface area contributed by atoms with Crippen molar-refractivity contribution in [3.8, 4) is 0 Å². The van der Waals surface area contributed by atoms with Crippen LogP contribution in [-0.2, 0) is 9.47 Å². The molecule has 1 saturated heterocycles. The predicted molar refractivity (Wildman–Crippen MR) is 64.3 cm³/mol. The van der Waals surface area contributed by atoms with Gasteiger partial charge >= 0.3 is 0 Å². The topological polar surface area (TPSA) is 21.7 Å². The van der Waals surface area contributed by atoms with E-state index in [1.165, 1.54) is 12.0 Å². The Labute approximate surface area is 97.7 Å². The quantitative estimate of drug-likeness (QED) is 0.727. The summed E-state index contributed by atoms with van der Waals surface area (Å²) in [5, 5.41) is 0. The lowest BCUT2D eigenvalue weighted by molar-refractivity contribution is 0.0280. The fourth-order valence-electron chi connectivity index (χ4n) is 2.03. The number of hydrogen-bond acceptors (Lipinski definition) is 3. The van der Waals surface area contributed by atoms with E-state index in [1.807, 2.05) is 0 Å². The molecule has 1 aliphatic heterocycles. The highest BCUT2D eigenvalue weighted by atomic mass is 16.5. The normalized spacial score (nSPS) is 22.6. The molecule has 90 valence electrons. The molecular formula is C13H21NO2. The first-order valence-electron chi connectivity index (χ1n) is 6.15. The van der Waals surface area contributed by atoms with Crippen LogP contribution in [0.15, 0.2) is 23.5 Å². The van der Waals surface area contributed by atoms with Crippen molar-refractivity contribution in [2.45, 2.75) is 19.8 Å². The maximum absolute atomic E-state index is 5.76. The number of rotatable bonds is 4. The molecule has 16 heavy (non-hydrogen) atoms. The lowest BCUT2D eigenvalue weighted by Crippen LogP contribution is -2.38. The SMILES string of the molecule is CC1=CC(OCCN2CCOCC2)=CCC1. The number of ether oxygens (including phenoxy) is 2. The van der Waals surface area contributed by atoms with Gasteiger partial charge in [-0.25, -0.2) is 0 Å². The third-order valence-corrected chi connectivity index (χ3v) is 3.05. The van der Waals surface area contributed by atoms with Crippen LogP contribution in [0.25, 0.3) is 0 Å². The van der Waals surface area contributed by atoms with Crippen molar-refractivity contribution in [3.63, 3.8) is 0 Å². The van der Waals surface area contributed by atoms with E-state index in [0.717, 1.165) is 51.6 Å². The van der Waals surface area contributed by atoms with Crippen LogP contribution >= 0.6 is 0 Å². The highest BCUT2D eigenvalue weighted by Crippen LogP contribution is 2.17. The standard InChI is InChI=1S/C13H21NO2/c1-12-3-2-4-13(11-12)16-10-7-14-5-8-15-9-6-14/h4,11H,2-3,5-10H2,1H3. The average Bonchev–Trinajstić information content (AvgIpc) is 2.30. The van der Waals surface area contributed by atoms with Gasteiger partial charge in [-0.1, -0.05) is 5.57 Å². The molecule has 0 radical (unpaired) electrons. The molecule has 0 N–H and O–H groups in total. The van der Waals surface area contributed by atoms with E-state index in [4.69, 9.17) is 9.47 Å². The average molecular weight is 223 g/mol. The Morgan fingerprint density at radius 3 is 2.94 bits per heavy atom. The van der Waals surface area contributed by atoms with Crippen molar-refractivity contribution >= 4 is 0 Å². The van der Waals surface area contributed by atoms with Gasteiger partial charge in [-0.2, -0.15) is 0 Å². The van der Waals surface area contributed by atoms with Crippen molar-refractivity contribution in [2.24, 2.45) is 0 Å². The van der Waals surface area contributed by atoms with Crippen LogP contribution in [0.5, 0.6) is 0 Å². The van der Waals surface area contributed by atoms with Gasteiger partial charge in [0.15, 0.2) is 0 Å². The van der Waals surface area contributed by atoms with E-state index in [0.29, 0.717) is 0 Å². The van der Waals surface area contributed by atoms with Gasteiger partial charge in [0.05, 0.1) is 13.2 Å². The largest absolute Gasteiger partial charge is 0.493 e. The van der Waals surface area contributed by atoms with E-state index in [1.54, 1.807) is 0 Å². The first-order valence-corrected chi connectivity index (χ1v) is 6.15. The number of allylic oxidation sites excluding steroid dienone is 3.